The minimum Gasteiger partial charge on any atom is -0.465 e. The van der Waals surface area contributed by atoms with Crippen LogP contribution in [0.4, 0.5) is 0 Å². The predicted molar refractivity (Wildman–Crippen MR) is 108 cm³/mol. The molecule has 0 saturated heterocycles. The molecule has 152 valence electrons. The van der Waals surface area contributed by atoms with E-state index in [1.54, 1.807) is 6.92 Å². The van der Waals surface area contributed by atoms with E-state index in [1.165, 1.54) is 20.0 Å². The Hall–Kier alpha value is -3.16. The summed E-state index contributed by atoms with van der Waals surface area (Å²) < 4.78 is 9.35. The van der Waals surface area contributed by atoms with Crippen molar-refractivity contribution < 1.29 is 9.53 Å². The number of para-hydroxylation sites is 1. The molecule has 1 aromatic carbocycles. The van der Waals surface area contributed by atoms with Gasteiger partial charge in [0.05, 0.1) is 18.6 Å². The van der Waals surface area contributed by atoms with Crippen LogP contribution in [0.5, 0.6) is 0 Å². The van der Waals surface area contributed by atoms with E-state index in [2.05, 4.69) is 4.98 Å². The molecule has 8 nitrogen and oxygen atoms in total. The molecule has 0 spiro atoms. The zero-order chi connectivity index (χ0) is 20.5. The van der Waals surface area contributed by atoms with Gasteiger partial charge in [-0.2, -0.15) is 0 Å². The maximum Gasteiger partial charge on any atom is 0.337 e. The highest BCUT2D eigenvalue weighted by molar-refractivity contribution is 5.76. The Labute approximate surface area is 167 Å². The quantitative estimate of drug-likeness (QED) is 0.618. The Morgan fingerprint density at radius 1 is 1.21 bits per heavy atom. The van der Waals surface area contributed by atoms with Crippen molar-refractivity contribution in [3.05, 3.63) is 57.0 Å². The van der Waals surface area contributed by atoms with E-state index in [0.29, 0.717) is 5.69 Å². The van der Waals surface area contributed by atoms with Crippen molar-refractivity contribution >= 4 is 17.1 Å². The molecule has 0 radical (unpaired) electrons. The molecular weight excluding hydrogens is 372 g/mol. The van der Waals surface area contributed by atoms with Crippen LogP contribution in [0, 0.1) is 6.92 Å². The van der Waals surface area contributed by atoms with E-state index in [0.717, 1.165) is 31.2 Å². The summed E-state index contributed by atoms with van der Waals surface area (Å²) in [6.45, 7) is 3.77. The molecule has 0 aliphatic heterocycles. The van der Waals surface area contributed by atoms with Gasteiger partial charge in [0.25, 0.3) is 5.56 Å². The second-order valence-electron chi connectivity index (χ2n) is 7.37. The van der Waals surface area contributed by atoms with Gasteiger partial charge in [0.1, 0.15) is 6.54 Å². The largest absolute Gasteiger partial charge is 0.465 e. The summed E-state index contributed by atoms with van der Waals surface area (Å²) in [5.41, 5.74) is 1.29. The Balaban J connectivity index is 2.02. The van der Waals surface area contributed by atoms with Gasteiger partial charge in [-0.15, -0.1) is 0 Å². The van der Waals surface area contributed by atoms with E-state index in [-0.39, 0.29) is 36.0 Å². The number of benzene rings is 1. The van der Waals surface area contributed by atoms with Crippen LogP contribution in [-0.2, 0) is 16.1 Å². The number of imidazole rings is 1. The SMILES string of the molecule is CCOC(=O)Cn1cnc2c1c(=O)n(C1CCCC1)c(=O)n2-c1ccccc1C. The Bertz CT molecular complexity index is 1180. The first-order chi connectivity index (χ1) is 14.0. The van der Waals surface area contributed by atoms with Gasteiger partial charge in [0, 0.05) is 6.04 Å². The molecule has 1 fully saturated rings. The molecular formula is C21H24N4O4. The lowest BCUT2D eigenvalue weighted by Gasteiger charge is -2.17. The molecule has 3 aromatic rings. The van der Waals surface area contributed by atoms with Gasteiger partial charge in [-0.3, -0.25) is 14.2 Å². The first-order valence-corrected chi connectivity index (χ1v) is 9.97. The van der Waals surface area contributed by atoms with Crippen LogP contribution in [0.2, 0.25) is 0 Å². The number of nitrogens with zero attached hydrogens (tertiary/aromatic N) is 4. The lowest BCUT2D eigenvalue weighted by molar-refractivity contribution is -0.143. The first kappa shape index (κ1) is 19.2. The average Bonchev–Trinajstić information content (AvgIpc) is 3.34. The third-order valence-corrected chi connectivity index (χ3v) is 5.50. The molecule has 0 bridgehead atoms. The van der Waals surface area contributed by atoms with Crippen molar-refractivity contribution in [2.75, 3.05) is 6.61 Å². The van der Waals surface area contributed by atoms with Crippen LogP contribution in [-0.4, -0.2) is 31.3 Å². The monoisotopic (exact) mass is 396 g/mol. The fourth-order valence-electron chi connectivity index (χ4n) is 4.13. The topological polar surface area (TPSA) is 88.1 Å². The lowest BCUT2D eigenvalue weighted by atomic mass is 10.2. The van der Waals surface area contributed by atoms with Crippen LogP contribution in [0.3, 0.4) is 0 Å². The van der Waals surface area contributed by atoms with Gasteiger partial charge >= 0.3 is 11.7 Å². The van der Waals surface area contributed by atoms with E-state index in [1.807, 2.05) is 31.2 Å². The number of aromatic nitrogens is 4. The van der Waals surface area contributed by atoms with E-state index in [9.17, 15) is 14.4 Å². The summed E-state index contributed by atoms with van der Waals surface area (Å²) in [6.07, 6.45) is 4.99. The number of ether oxygens (including phenoxy) is 1. The van der Waals surface area contributed by atoms with Gasteiger partial charge in [-0.1, -0.05) is 31.0 Å². The third kappa shape index (κ3) is 3.28. The zero-order valence-electron chi connectivity index (χ0n) is 16.6. The summed E-state index contributed by atoms with van der Waals surface area (Å²) >= 11 is 0. The summed E-state index contributed by atoms with van der Waals surface area (Å²) in [4.78, 5) is 43.2. The number of aryl methyl sites for hydroxylation is 1. The van der Waals surface area contributed by atoms with Crippen molar-refractivity contribution in [3.63, 3.8) is 0 Å². The minimum atomic E-state index is -0.452. The molecule has 0 atom stereocenters. The van der Waals surface area contributed by atoms with E-state index < -0.39 is 11.5 Å². The second kappa shape index (κ2) is 7.69. The van der Waals surface area contributed by atoms with Crippen LogP contribution in [0.15, 0.2) is 40.2 Å². The number of hydrogen-bond acceptors (Lipinski definition) is 5. The molecule has 1 saturated carbocycles. The van der Waals surface area contributed by atoms with Gasteiger partial charge in [-0.05, 0) is 38.3 Å². The van der Waals surface area contributed by atoms with Gasteiger partial charge in [0.2, 0.25) is 0 Å². The maximum absolute atomic E-state index is 13.5. The van der Waals surface area contributed by atoms with Crippen LogP contribution >= 0.6 is 0 Å². The Kier molecular flexibility index (Phi) is 5.08. The molecule has 0 amide bonds. The van der Waals surface area contributed by atoms with Gasteiger partial charge in [-0.25, -0.2) is 14.3 Å². The van der Waals surface area contributed by atoms with Crippen molar-refractivity contribution in [3.8, 4) is 5.69 Å². The highest BCUT2D eigenvalue weighted by Crippen LogP contribution is 2.28. The molecule has 8 heteroatoms. The van der Waals surface area contributed by atoms with E-state index >= 15 is 0 Å². The molecule has 4 rings (SSSR count). The van der Waals surface area contributed by atoms with Crippen LogP contribution in [0.25, 0.3) is 16.9 Å². The molecule has 1 aliphatic rings. The lowest BCUT2D eigenvalue weighted by Crippen LogP contribution is -2.42. The number of hydrogen-bond donors (Lipinski definition) is 0. The average molecular weight is 396 g/mol. The standard InChI is InChI=1S/C21H24N4O4/c1-3-29-17(26)12-23-13-22-19-18(23)20(27)24(15-9-5-6-10-15)21(28)25(19)16-11-7-4-8-14(16)2/h4,7-8,11,13,15H,3,5-6,9-10,12H2,1-2H3. The van der Waals surface area contributed by atoms with Crippen molar-refractivity contribution in [2.24, 2.45) is 0 Å². The maximum atomic E-state index is 13.5. The fraction of sp³-hybridized carbons (Fsp3) is 0.429. The first-order valence-electron chi connectivity index (χ1n) is 9.97. The van der Waals surface area contributed by atoms with Gasteiger partial charge < -0.3 is 9.30 Å². The summed E-state index contributed by atoms with van der Waals surface area (Å²) in [5.74, 6) is -0.452. The smallest absolute Gasteiger partial charge is 0.337 e. The molecule has 2 heterocycles. The summed E-state index contributed by atoms with van der Waals surface area (Å²) in [5, 5.41) is 0. The van der Waals surface area contributed by atoms with Crippen molar-refractivity contribution in [1.82, 2.24) is 18.7 Å². The van der Waals surface area contributed by atoms with Crippen molar-refractivity contribution in [2.45, 2.75) is 52.1 Å². The normalized spacial score (nSPS) is 14.6. The fourth-order valence-corrected chi connectivity index (χ4v) is 4.13. The number of esters is 1. The highest BCUT2D eigenvalue weighted by atomic mass is 16.5. The van der Waals surface area contributed by atoms with Gasteiger partial charge in [0.15, 0.2) is 11.2 Å². The summed E-state index contributed by atoms with van der Waals surface area (Å²) in [6, 6.07) is 7.35. The van der Waals surface area contributed by atoms with E-state index in [4.69, 9.17) is 4.74 Å². The Morgan fingerprint density at radius 3 is 2.62 bits per heavy atom. The van der Waals surface area contributed by atoms with Crippen LogP contribution in [0.1, 0.15) is 44.2 Å². The highest BCUT2D eigenvalue weighted by Gasteiger charge is 2.26. The number of rotatable bonds is 5. The zero-order valence-corrected chi connectivity index (χ0v) is 16.6. The number of fused-ring (bicyclic) bond motifs is 1. The molecule has 2 aromatic heterocycles. The molecule has 0 N–H and O–H groups in total. The third-order valence-electron chi connectivity index (χ3n) is 5.50. The van der Waals surface area contributed by atoms with Crippen molar-refractivity contribution in [1.29, 1.82) is 0 Å². The Morgan fingerprint density at radius 2 is 1.93 bits per heavy atom. The number of carbonyl (C=O) groups excluding carboxylic acids is 1. The second-order valence-corrected chi connectivity index (χ2v) is 7.37. The van der Waals surface area contributed by atoms with Crippen LogP contribution < -0.4 is 11.2 Å². The summed E-state index contributed by atoms with van der Waals surface area (Å²) in [7, 11) is 0. The molecule has 29 heavy (non-hydrogen) atoms. The predicted octanol–water partition coefficient (Wildman–Crippen LogP) is 2.34. The molecule has 1 aliphatic carbocycles. The number of carbonyl (C=O) groups is 1. The molecule has 0 unspecified atom stereocenters. The minimum absolute atomic E-state index is 0.129.